The smallest absolute Gasteiger partial charge is 0.235 e. The van der Waals surface area contributed by atoms with Gasteiger partial charge in [0, 0.05) is 43.4 Å². The molecule has 11 aromatic rings. The van der Waals surface area contributed by atoms with Crippen molar-refractivity contribution in [1.82, 2.24) is 14.5 Å². The second kappa shape index (κ2) is 11.2. The summed E-state index contributed by atoms with van der Waals surface area (Å²) in [4.78, 5) is 10.7. The number of nitrogens with zero attached hydrogens (tertiary/aromatic N) is 3. The largest absolute Gasteiger partial charge is 0.456 e. The van der Waals surface area contributed by atoms with Crippen molar-refractivity contribution in [3.8, 4) is 39.5 Å². The molecule has 3 aromatic heterocycles. The molecule has 0 unspecified atom stereocenters. The average molecular weight is 664 g/mol. The van der Waals surface area contributed by atoms with E-state index >= 15 is 0 Å². The maximum absolute atomic E-state index is 6.15. The van der Waals surface area contributed by atoms with Crippen LogP contribution in [-0.4, -0.2) is 14.5 Å². The Morgan fingerprint density at radius 1 is 0.385 bits per heavy atom. The molecule has 0 fully saturated rings. The highest BCUT2D eigenvalue weighted by atomic mass is 16.3. The third-order valence-corrected chi connectivity index (χ3v) is 10.4. The van der Waals surface area contributed by atoms with E-state index in [2.05, 4.69) is 162 Å². The lowest BCUT2D eigenvalue weighted by Crippen LogP contribution is -2.04. The maximum Gasteiger partial charge on any atom is 0.235 e. The lowest BCUT2D eigenvalue weighted by Gasteiger charge is -2.14. The number of rotatable bonds is 4. The van der Waals surface area contributed by atoms with Gasteiger partial charge in [-0.2, -0.15) is 0 Å². The molecule has 0 saturated heterocycles. The molecule has 4 nitrogen and oxygen atoms in total. The van der Waals surface area contributed by atoms with Gasteiger partial charge in [-0.3, -0.25) is 4.57 Å². The van der Waals surface area contributed by atoms with E-state index in [0.717, 1.165) is 88.2 Å². The summed E-state index contributed by atoms with van der Waals surface area (Å²) in [5, 5.41) is 7.94. The number of fused-ring (bicyclic) bond motifs is 9. The molecule has 0 bridgehead atoms. The summed E-state index contributed by atoms with van der Waals surface area (Å²) in [6.45, 7) is 0. The average Bonchev–Trinajstić information content (AvgIpc) is 3.77. The van der Waals surface area contributed by atoms with Crippen molar-refractivity contribution in [2.45, 2.75) is 0 Å². The van der Waals surface area contributed by atoms with Crippen molar-refractivity contribution in [2.24, 2.45) is 0 Å². The number of hydrogen-bond donors (Lipinski definition) is 0. The molecule has 242 valence electrons. The molecule has 52 heavy (non-hydrogen) atoms. The molecular weight excluding hydrogens is 635 g/mol. The first-order valence-electron chi connectivity index (χ1n) is 17.6. The molecule has 8 aromatic carbocycles. The minimum atomic E-state index is 0.648. The molecule has 0 aliphatic carbocycles. The molecule has 0 N–H and O–H groups in total. The van der Waals surface area contributed by atoms with E-state index in [9.17, 15) is 0 Å². The van der Waals surface area contributed by atoms with Gasteiger partial charge < -0.3 is 4.42 Å². The molecule has 4 heteroatoms. The fraction of sp³-hybridized carbons (Fsp3) is 0. The van der Waals surface area contributed by atoms with Gasteiger partial charge in [0.25, 0.3) is 0 Å². The van der Waals surface area contributed by atoms with Crippen LogP contribution in [0.15, 0.2) is 180 Å². The predicted octanol–water partition coefficient (Wildman–Crippen LogP) is 12.8. The standard InChI is InChI=1S/C48H29N3O/c1-2-13-31(14-3-1)45-40-19-6-8-22-42(40)49-48(50-45)51-46-35-17-5-4-12-30(35)24-26-39(46)38-21-11-20-36(47(38)51)34-16-10-15-32(28-34)33-25-27-44-41(29-33)37-18-7-9-23-43(37)52-44/h1-29H. The Labute approximate surface area is 298 Å². The van der Waals surface area contributed by atoms with Crippen LogP contribution < -0.4 is 0 Å². The second-order valence-corrected chi connectivity index (χ2v) is 13.4. The third kappa shape index (κ3) is 4.34. The van der Waals surface area contributed by atoms with E-state index in [1.165, 1.54) is 10.8 Å². The number of benzene rings is 8. The van der Waals surface area contributed by atoms with Crippen molar-refractivity contribution in [2.75, 3.05) is 0 Å². The number of aromatic nitrogens is 3. The Bertz CT molecular complexity index is 3190. The Kier molecular flexibility index (Phi) is 6.22. The highest BCUT2D eigenvalue weighted by Crippen LogP contribution is 2.42. The fourth-order valence-electron chi connectivity index (χ4n) is 8.01. The molecule has 0 amide bonds. The molecule has 0 spiro atoms. The zero-order chi connectivity index (χ0) is 34.2. The monoisotopic (exact) mass is 663 g/mol. The van der Waals surface area contributed by atoms with Crippen molar-refractivity contribution in [1.29, 1.82) is 0 Å². The summed E-state index contributed by atoms with van der Waals surface area (Å²) in [5.74, 6) is 0.648. The van der Waals surface area contributed by atoms with Gasteiger partial charge >= 0.3 is 0 Å². The molecule has 3 heterocycles. The van der Waals surface area contributed by atoms with Crippen molar-refractivity contribution in [3.05, 3.63) is 176 Å². The Balaban J connectivity index is 1.20. The van der Waals surface area contributed by atoms with Gasteiger partial charge in [-0.1, -0.05) is 146 Å². The highest BCUT2D eigenvalue weighted by molar-refractivity contribution is 6.21. The summed E-state index contributed by atoms with van der Waals surface area (Å²) < 4.78 is 8.45. The van der Waals surface area contributed by atoms with Gasteiger partial charge in [-0.15, -0.1) is 0 Å². The summed E-state index contributed by atoms with van der Waals surface area (Å²) in [6, 6.07) is 62.0. The Morgan fingerprint density at radius 2 is 1.06 bits per heavy atom. The number of para-hydroxylation sites is 3. The maximum atomic E-state index is 6.15. The zero-order valence-corrected chi connectivity index (χ0v) is 28.0. The molecule has 0 aliphatic heterocycles. The molecule has 0 aliphatic rings. The van der Waals surface area contributed by atoms with Gasteiger partial charge in [0.15, 0.2) is 0 Å². The number of furan rings is 1. The van der Waals surface area contributed by atoms with E-state index in [0.29, 0.717) is 5.95 Å². The summed E-state index contributed by atoms with van der Waals surface area (Å²) in [6.07, 6.45) is 0. The zero-order valence-electron chi connectivity index (χ0n) is 28.0. The SMILES string of the molecule is c1ccc(-c2nc(-n3c4c(-c5cccc(-c6ccc7oc8ccccc8c7c6)c5)cccc4c4ccc5ccccc5c43)nc3ccccc23)cc1. The van der Waals surface area contributed by atoms with Gasteiger partial charge in [0.2, 0.25) is 5.95 Å². The lowest BCUT2D eigenvalue weighted by molar-refractivity contribution is 0.669. The van der Waals surface area contributed by atoms with E-state index < -0.39 is 0 Å². The van der Waals surface area contributed by atoms with E-state index in [1.54, 1.807) is 0 Å². The van der Waals surface area contributed by atoms with Crippen LogP contribution in [0.4, 0.5) is 0 Å². The third-order valence-electron chi connectivity index (χ3n) is 10.4. The lowest BCUT2D eigenvalue weighted by atomic mass is 9.96. The van der Waals surface area contributed by atoms with E-state index in [4.69, 9.17) is 14.4 Å². The first-order valence-corrected chi connectivity index (χ1v) is 17.6. The molecular formula is C48H29N3O. The van der Waals surface area contributed by atoms with Crippen LogP contribution in [0.1, 0.15) is 0 Å². The van der Waals surface area contributed by atoms with Crippen molar-refractivity contribution in [3.63, 3.8) is 0 Å². The Morgan fingerprint density at radius 3 is 1.98 bits per heavy atom. The molecule has 0 saturated carbocycles. The van der Waals surface area contributed by atoms with Crippen LogP contribution in [0, 0.1) is 0 Å². The summed E-state index contributed by atoms with van der Waals surface area (Å²) >= 11 is 0. The van der Waals surface area contributed by atoms with Crippen molar-refractivity contribution >= 4 is 65.4 Å². The number of hydrogen-bond acceptors (Lipinski definition) is 3. The fourth-order valence-corrected chi connectivity index (χ4v) is 8.01. The first kappa shape index (κ1) is 28.8. The van der Waals surface area contributed by atoms with Gasteiger partial charge in [-0.05, 0) is 52.4 Å². The van der Waals surface area contributed by atoms with Gasteiger partial charge in [0.05, 0.1) is 22.2 Å². The topological polar surface area (TPSA) is 43.9 Å². The minimum Gasteiger partial charge on any atom is -0.456 e. The van der Waals surface area contributed by atoms with Crippen LogP contribution in [0.2, 0.25) is 0 Å². The van der Waals surface area contributed by atoms with Crippen LogP contribution in [0.3, 0.4) is 0 Å². The quantitative estimate of drug-likeness (QED) is 0.188. The first-order chi connectivity index (χ1) is 25.8. The highest BCUT2D eigenvalue weighted by Gasteiger charge is 2.22. The van der Waals surface area contributed by atoms with Crippen LogP contribution in [0.25, 0.3) is 105 Å². The molecule has 0 radical (unpaired) electrons. The van der Waals surface area contributed by atoms with Crippen LogP contribution in [-0.2, 0) is 0 Å². The van der Waals surface area contributed by atoms with Gasteiger partial charge in [-0.25, -0.2) is 9.97 Å². The summed E-state index contributed by atoms with van der Waals surface area (Å²) in [7, 11) is 0. The van der Waals surface area contributed by atoms with Crippen molar-refractivity contribution < 1.29 is 4.42 Å². The van der Waals surface area contributed by atoms with Gasteiger partial charge in [0.1, 0.15) is 11.2 Å². The molecule has 0 atom stereocenters. The van der Waals surface area contributed by atoms with Crippen LogP contribution >= 0.6 is 0 Å². The second-order valence-electron chi connectivity index (χ2n) is 13.4. The predicted molar refractivity (Wildman–Crippen MR) is 215 cm³/mol. The minimum absolute atomic E-state index is 0.648. The van der Waals surface area contributed by atoms with E-state index in [1.807, 2.05) is 18.2 Å². The molecule has 11 rings (SSSR count). The van der Waals surface area contributed by atoms with Crippen LogP contribution in [0.5, 0.6) is 0 Å². The Hall–Kier alpha value is -7.04. The van der Waals surface area contributed by atoms with E-state index in [-0.39, 0.29) is 0 Å². The normalized spacial score (nSPS) is 11.8. The summed E-state index contributed by atoms with van der Waals surface area (Å²) in [5.41, 5.74) is 11.4.